The number of fused-ring (bicyclic) bond motifs is 3. The van der Waals surface area contributed by atoms with Gasteiger partial charge >= 0.3 is 0 Å². The van der Waals surface area contributed by atoms with Crippen molar-refractivity contribution in [1.82, 2.24) is 24.8 Å². The molecule has 7 heterocycles. The van der Waals surface area contributed by atoms with Crippen LogP contribution in [-0.2, 0) is 4.74 Å². The van der Waals surface area contributed by atoms with Crippen LogP contribution in [0.2, 0.25) is 0 Å². The Morgan fingerprint density at radius 2 is 1.92 bits per heavy atom. The third-order valence-electron chi connectivity index (χ3n) is 8.10. The molecule has 8 nitrogen and oxygen atoms in total. The highest BCUT2D eigenvalue weighted by Crippen LogP contribution is 2.40. The third kappa shape index (κ3) is 4.24. The number of anilines is 3. The molecule has 9 heteroatoms. The molecular weight excluding hydrogens is 482 g/mol. The molecule has 190 valence electrons. The second-order valence-corrected chi connectivity index (χ2v) is 11.5. The maximum Gasteiger partial charge on any atom is 0.143 e. The van der Waals surface area contributed by atoms with Gasteiger partial charge in [0.1, 0.15) is 28.2 Å². The lowest BCUT2D eigenvalue weighted by Crippen LogP contribution is -2.45. The number of nitrogens with zero attached hydrogens (tertiary/aromatic N) is 6. The fourth-order valence-electron chi connectivity index (χ4n) is 6.06. The van der Waals surface area contributed by atoms with Gasteiger partial charge in [0.2, 0.25) is 0 Å². The van der Waals surface area contributed by atoms with Gasteiger partial charge in [0, 0.05) is 56.8 Å². The van der Waals surface area contributed by atoms with Crippen LogP contribution in [0.3, 0.4) is 0 Å². The Balaban J connectivity index is 1.19. The lowest BCUT2D eigenvalue weighted by Gasteiger charge is -2.35. The fraction of sp³-hybridized carbons (Fsp3) is 0.429. The SMILES string of the molecule is Cc1cccnc1-c1nc2cc(Nc3ccc(C4CCOCC4)c(N4C[C@@H]5C[C@H]4CN5C)n3)ncc2s1. The molecule has 0 aliphatic carbocycles. The number of rotatable bonds is 5. The molecule has 0 amide bonds. The van der Waals surface area contributed by atoms with E-state index < -0.39 is 0 Å². The van der Waals surface area contributed by atoms with Gasteiger partial charge in [-0.1, -0.05) is 12.1 Å². The predicted octanol–water partition coefficient (Wildman–Crippen LogP) is 4.99. The van der Waals surface area contributed by atoms with Gasteiger partial charge in [-0.05, 0) is 62.4 Å². The number of piperazine rings is 1. The summed E-state index contributed by atoms with van der Waals surface area (Å²) in [6, 6.07) is 11.6. The summed E-state index contributed by atoms with van der Waals surface area (Å²) in [6.07, 6.45) is 7.05. The zero-order valence-corrected chi connectivity index (χ0v) is 22.0. The molecule has 0 spiro atoms. The summed E-state index contributed by atoms with van der Waals surface area (Å²) >= 11 is 1.62. The third-order valence-corrected chi connectivity index (χ3v) is 9.11. The lowest BCUT2D eigenvalue weighted by molar-refractivity contribution is 0.0853. The molecule has 7 rings (SSSR count). The Hall–Kier alpha value is -3.14. The Labute approximate surface area is 220 Å². The Kier molecular flexibility index (Phi) is 5.79. The molecule has 0 aromatic carbocycles. The molecule has 3 aliphatic rings. The van der Waals surface area contributed by atoms with Crippen LogP contribution < -0.4 is 10.2 Å². The molecule has 2 atom stereocenters. The van der Waals surface area contributed by atoms with Gasteiger partial charge < -0.3 is 15.0 Å². The highest BCUT2D eigenvalue weighted by Gasteiger charge is 2.43. The monoisotopic (exact) mass is 513 g/mol. The molecule has 4 aromatic heterocycles. The number of likely N-dealkylation sites (N-methyl/N-ethyl adjacent to an activating group) is 1. The first-order chi connectivity index (χ1) is 18.1. The molecule has 37 heavy (non-hydrogen) atoms. The first-order valence-electron chi connectivity index (χ1n) is 13.1. The molecule has 0 radical (unpaired) electrons. The van der Waals surface area contributed by atoms with Crippen molar-refractivity contribution < 1.29 is 4.74 Å². The Morgan fingerprint density at radius 3 is 2.70 bits per heavy atom. The zero-order valence-electron chi connectivity index (χ0n) is 21.2. The molecule has 2 bridgehead atoms. The molecule has 1 N–H and O–H groups in total. The van der Waals surface area contributed by atoms with Gasteiger partial charge in [0.15, 0.2) is 0 Å². The van der Waals surface area contributed by atoms with Gasteiger partial charge in [-0.2, -0.15) is 0 Å². The molecule has 4 aromatic rings. The van der Waals surface area contributed by atoms with Crippen molar-refractivity contribution in [3.8, 4) is 10.7 Å². The number of aryl methyl sites for hydroxylation is 1. The van der Waals surface area contributed by atoms with Crippen molar-refractivity contribution >= 4 is 39.0 Å². The van der Waals surface area contributed by atoms with E-state index in [1.54, 1.807) is 11.3 Å². The van der Waals surface area contributed by atoms with E-state index in [0.717, 1.165) is 83.1 Å². The summed E-state index contributed by atoms with van der Waals surface area (Å²) < 4.78 is 6.70. The van der Waals surface area contributed by atoms with Crippen LogP contribution in [0, 0.1) is 6.92 Å². The Bertz CT molecular complexity index is 1450. The standard InChI is InChI=1S/C28H31N7OS/c1-17-4-3-9-29-26(17)28-31-22-13-25(30-14-23(22)37-28)32-24-6-5-21(18-7-10-36-11-8-18)27(33-24)35-16-19-12-20(35)15-34(19)2/h3-6,9,13-14,18-20H,7-8,10-12,15-16H2,1-2H3,(H,30,32,33)/t19-,20-/m0/s1. The number of nitrogens with one attached hydrogen (secondary N) is 1. The van der Waals surface area contributed by atoms with Gasteiger partial charge in [-0.25, -0.2) is 15.0 Å². The molecular formula is C28H31N7OS. The van der Waals surface area contributed by atoms with Crippen LogP contribution in [0.1, 0.15) is 36.3 Å². The minimum atomic E-state index is 0.500. The summed E-state index contributed by atoms with van der Waals surface area (Å²) in [5.41, 5.74) is 4.33. The maximum atomic E-state index is 5.65. The van der Waals surface area contributed by atoms with E-state index in [2.05, 4.69) is 57.3 Å². The number of aromatic nitrogens is 4. The van der Waals surface area contributed by atoms with Crippen LogP contribution in [0.4, 0.5) is 17.5 Å². The predicted molar refractivity (Wildman–Crippen MR) is 148 cm³/mol. The van der Waals surface area contributed by atoms with Crippen molar-refractivity contribution in [3.63, 3.8) is 0 Å². The molecule has 3 saturated heterocycles. The van der Waals surface area contributed by atoms with Gasteiger partial charge in [-0.3, -0.25) is 9.88 Å². The fourth-order valence-corrected chi connectivity index (χ4v) is 7.03. The number of hydrogen-bond donors (Lipinski definition) is 1. The van der Waals surface area contributed by atoms with Crippen LogP contribution in [-0.4, -0.2) is 70.3 Å². The highest BCUT2D eigenvalue weighted by atomic mass is 32.1. The highest BCUT2D eigenvalue weighted by molar-refractivity contribution is 7.21. The first-order valence-corrected chi connectivity index (χ1v) is 14.0. The van der Waals surface area contributed by atoms with E-state index in [1.165, 1.54) is 12.0 Å². The number of pyridine rings is 3. The summed E-state index contributed by atoms with van der Waals surface area (Å²) in [6.45, 7) is 5.88. The van der Waals surface area contributed by atoms with Crippen molar-refractivity contribution in [2.45, 2.75) is 44.2 Å². The first kappa shape index (κ1) is 23.0. The lowest BCUT2D eigenvalue weighted by atomic mass is 9.91. The molecule has 0 unspecified atom stereocenters. The number of thiazole rings is 1. The second-order valence-electron chi connectivity index (χ2n) is 10.5. The molecule has 0 saturated carbocycles. The normalized spacial score (nSPS) is 22.3. The average Bonchev–Trinajstić information content (AvgIpc) is 3.63. The number of ether oxygens (including phenoxy) is 1. The smallest absolute Gasteiger partial charge is 0.143 e. The van der Waals surface area contributed by atoms with E-state index in [-0.39, 0.29) is 0 Å². The van der Waals surface area contributed by atoms with E-state index in [9.17, 15) is 0 Å². The second kappa shape index (κ2) is 9.31. The summed E-state index contributed by atoms with van der Waals surface area (Å²) in [7, 11) is 2.24. The van der Waals surface area contributed by atoms with E-state index in [0.29, 0.717) is 18.0 Å². The quantitative estimate of drug-likeness (QED) is 0.400. The number of likely N-dealkylation sites (tertiary alicyclic amines) is 1. The topological polar surface area (TPSA) is 79.3 Å². The van der Waals surface area contributed by atoms with E-state index in [1.807, 2.05) is 24.5 Å². The average molecular weight is 514 g/mol. The van der Waals surface area contributed by atoms with Crippen molar-refractivity contribution in [1.29, 1.82) is 0 Å². The van der Waals surface area contributed by atoms with E-state index >= 15 is 0 Å². The number of hydrogen-bond acceptors (Lipinski definition) is 9. The van der Waals surface area contributed by atoms with E-state index in [4.69, 9.17) is 14.7 Å². The minimum Gasteiger partial charge on any atom is -0.381 e. The van der Waals surface area contributed by atoms with Crippen molar-refractivity contribution in [3.05, 3.63) is 53.9 Å². The minimum absolute atomic E-state index is 0.500. The van der Waals surface area contributed by atoms with Crippen molar-refractivity contribution in [2.24, 2.45) is 0 Å². The van der Waals surface area contributed by atoms with Crippen molar-refractivity contribution in [2.75, 3.05) is 43.6 Å². The van der Waals surface area contributed by atoms with Crippen LogP contribution >= 0.6 is 11.3 Å². The Morgan fingerprint density at radius 1 is 1.03 bits per heavy atom. The molecule has 3 fully saturated rings. The summed E-state index contributed by atoms with van der Waals surface area (Å²) in [4.78, 5) is 24.3. The van der Waals surface area contributed by atoms with Gasteiger partial charge in [0.25, 0.3) is 0 Å². The van der Waals surface area contributed by atoms with Gasteiger partial charge in [-0.15, -0.1) is 11.3 Å². The summed E-state index contributed by atoms with van der Waals surface area (Å²) in [5, 5.41) is 4.39. The van der Waals surface area contributed by atoms with Crippen LogP contribution in [0.25, 0.3) is 20.9 Å². The maximum absolute atomic E-state index is 5.65. The largest absolute Gasteiger partial charge is 0.381 e. The van der Waals surface area contributed by atoms with Crippen LogP contribution in [0.15, 0.2) is 42.7 Å². The molecule has 3 aliphatic heterocycles. The zero-order chi connectivity index (χ0) is 24.9. The van der Waals surface area contributed by atoms with Crippen LogP contribution in [0.5, 0.6) is 0 Å². The van der Waals surface area contributed by atoms with Gasteiger partial charge in [0.05, 0.1) is 10.2 Å². The summed E-state index contributed by atoms with van der Waals surface area (Å²) in [5.74, 6) is 3.21.